The van der Waals surface area contributed by atoms with Crippen molar-refractivity contribution in [3.8, 4) is 5.75 Å². The number of ether oxygens (including phenoxy) is 1. The van der Waals surface area contributed by atoms with Crippen LogP contribution in [0.1, 0.15) is 53.6 Å². The lowest BCUT2D eigenvalue weighted by atomic mass is 9.90. The average molecular weight is 587 g/mol. The third-order valence-electron chi connectivity index (χ3n) is 7.66. The molecule has 1 amide bonds. The number of rotatable bonds is 5. The van der Waals surface area contributed by atoms with Gasteiger partial charge in [0.15, 0.2) is 5.65 Å². The smallest absolute Gasteiger partial charge is 0.406 e. The van der Waals surface area contributed by atoms with E-state index in [0.717, 1.165) is 17.7 Å². The molecular weight excluding hydrogens is 558 g/mol. The molecule has 41 heavy (non-hydrogen) atoms. The SMILES string of the molecule is Nc1cc(OC(F)(F)F)ccc1C(=O)N1CCC(n2c(=O)[nH]c3ncc(C4CCN(CC(F)(F)F)CC4)cc32)CC1. The van der Waals surface area contributed by atoms with Crippen molar-refractivity contribution in [1.82, 2.24) is 24.3 Å². The van der Waals surface area contributed by atoms with Crippen molar-refractivity contribution >= 4 is 22.8 Å². The monoisotopic (exact) mass is 586 g/mol. The van der Waals surface area contributed by atoms with Crippen LogP contribution in [0.25, 0.3) is 11.2 Å². The average Bonchev–Trinajstić information content (AvgIpc) is 3.22. The van der Waals surface area contributed by atoms with E-state index < -0.39 is 30.7 Å². The molecular formula is C26H28F6N6O3. The van der Waals surface area contributed by atoms with Gasteiger partial charge in [-0.3, -0.25) is 19.2 Å². The fourth-order valence-electron chi connectivity index (χ4n) is 5.71. The van der Waals surface area contributed by atoms with Gasteiger partial charge in [0, 0.05) is 37.1 Å². The second-order valence-electron chi connectivity index (χ2n) is 10.4. The number of imidazole rings is 1. The molecule has 4 heterocycles. The highest BCUT2D eigenvalue weighted by molar-refractivity contribution is 5.99. The molecule has 0 spiro atoms. The van der Waals surface area contributed by atoms with Crippen molar-refractivity contribution in [2.75, 3.05) is 38.5 Å². The van der Waals surface area contributed by atoms with Gasteiger partial charge in [0.05, 0.1) is 17.6 Å². The number of nitrogens with zero attached hydrogens (tertiary/aromatic N) is 4. The number of pyridine rings is 1. The van der Waals surface area contributed by atoms with Crippen molar-refractivity contribution in [2.45, 2.75) is 50.2 Å². The fraction of sp³-hybridized carbons (Fsp3) is 0.500. The lowest BCUT2D eigenvalue weighted by molar-refractivity contribution is -0.274. The molecule has 2 aliphatic heterocycles. The fourth-order valence-corrected chi connectivity index (χ4v) is 5.71. The lowest BCUT2D eigenvalue weighted by Gasteiger charge is -2.33. The van der Waals surface area contributed by atoms with Crippen molar-refractivity contribution in [3.63, 3.8) is 0 Å². The molecule has 2 aromatic heterocycles. The van der Waals surface area contributed by atoms with Crippen molar-refractivity contribution in [2.24, 2.45) is 0 Å². The predicted molar refractivity (Wildman–Crippen MR) is 137 cm³/mol. The Morgan fingerprint density at radius 1 is 1.02 bits per heavy atom. The number of piperidine rings is 2. The predicted octanol–water partition coefficient (Wildman–Crippen LogP) is 4.42. The molecule has 0 bridgehead atoms. The number of nitrogen functional groups attached to an aromatic ring is 1. The number of nitrogens with one attached hydrogen (secondary N) is 1. The van der Waals surface area contributed by atoms with Gasteiger partial charge in [-0.15, -0.1) is 13.2 Å². The Hall–Kier alpha value is -3.75. The zero-order valence-electron chi connectivity index (χ0n) is 21.8. The zero-order chi connectivity index (χ0) is 29.5. The summed E-state index contributed by atoms with van der Waals surface area (Å²) in [6, 6.07) is 4.79. The molecule has 0 aliphatic carbocycles. The summed E-state index contributed by atoms with van der Waals surface area (Å²) in [7, 11) is 0. The summed E-state index contributed by atoms with van der Waals surface area (Å²) in [4.78, 5) is 36.0. The van der Waals surface area contributed by atoms with E-state index in [4.69, 9.17) is 5.73 Å². The highest BCUT2D eigenvalue weighted by Gasteiger charge is 2.34. The highest BCUT2D eigenvalue weighted by Crippen LogP contribution is 2.33. The number of aromatic nitrogens is 3. The van der Waals surface area contributed by atoms with Crippen LogP contribution in [-0.4, -0.2) is 75.5 Å². The van der Waals surface area contributed by atoms with Crippen LogP contribution in [0.3, 0.4) is 0 Å². The minimum Gasteiger partial charge on any atom is -0.406 e. The Balaban J connectivity index is 1.26. The molecule has 9 nitrogen and oxygen atoms in total. The number of halogens is 6. The number of anilines is 1. The Labute approximate surface area is 229 Å². The number of carbonyl (C=O) groups excluding carboxylic acids is 1. The van der Waals surface area contributed by atoms with Gasteiger partial charge in [-0.25, -0.2) is 9.78 Å². The van der Waals surface area contributed by atoms with Gasteiger partial charge in [-0.05, 0) is 68.5 Å². The molecule has 0 atom stereocenters. The van der Waals surface area contributed by atoms with E-state index in [0.29, 0.717) is 49.9 Å². The van der Waals surface area contributed by atoms with Gasteiger partial charge < -0.3 is 15.4 Å². The first kappa shape index (κ1) is 28.8. The third kappa shape index (κ3) is 6.60. The lowest BCUT2D eigenvalue weighted by Crippen LogP contribution is -2.40. The van der Waals surface area contributed by atoms with Crippen molar-refractivity contribution in [3.05, 3.63) is 52.1 Å². The molecule has 5 rings (SSSR count). The Morgan fingerprint density at radius 3 is 2.32 bits per heavy atom. The third-order valence-corrected chi connectivity index (χ3v) is 7.66. The van der Waals surface area contributed by atoms with Crippen molar-refractivity contribution < 1.29 is 35.9 Å². The number of benzene rings is 1. The van der Waals surface area contributed by atoms with Gasteiger partial charge in [0.2, 0.25) is 0 Å². The van der Waals surface area contributed by atoms with Crippen LogP contribution in [0, 0.1) is 0 Å². The van der Waals surface area contributed by atoms with Gasteiger partial charge in [-0.2, -0.15) is 13.2 Å². The molecule has 2 aliphatic rings. The summed E-state index contributed by atoms with van der Waals surface area (Å²) in [6.45, 7) is 0.274. The summed E-state index contributed by atoms with van der Waals surface area (Å²) in [5, 5.41) is 0. The number of amides is 1. The summed E-state index contributed by atoms with van der Waals surface area (Å²) in [5.41, 5.74) is 7.26. The molecule has 3 N–H and O–H groups in total. The first-order valence-electron chi connectivity index (χ1n) is 13.1. The summed E-state index contributed by atoms with van der Waals surface area (Å²) in [5.74, 6) is -0.942. The number of fused-ring (bicyclic) bond motifs is 1. The second kappa shape index (κ2) is 10.9. The first-order valence-corrected chi connectivity index (χ1v) is 13.1. The minimum atomic E-state index is -4.88. The molecule has 0 unspecified atom stereocenters. The van der Waals surface area contributed by atoms with Crippen LogP contribution in [0.4, 0.5) is 32.0 Å². The summed E-state index contributed by atoms with van der Waals surface area (Å²) >= 11 is 0. The normalized spacial score (nSPS) is 18.2. The molecule has 15 heteroatoms. The molecule has 2 fully saturated rings. The number of alkyl halides is 6. The topological polar surface area (TPSA) is 109 Å². The molecule has 1 aromatic carbocycles. The van der Waals surface area contributed by atoms with E-state index in [-0.39, 0.29) is 42.0 Å². The maximum absolute atomic E-state index is 13.0. The van der Waals surface area contributed by atoms with Gasteiger partial charge >= 0.3 is 18.2 Å². The Morgan fingerprint density at radius 2 is 1.71 bits per heavy atom. The Kier molecular flexibility index (Phi) is 7.66. The van der Waals surface area contributed by atoms with Crippen LogP contribution < -0.4 is 16.2 Å². The zero-order valence-corrected chi connectivity index (χ0v) is 21.8. The quantitative estimate of drug-likeness (QED) is 0.339. The number of hydrogen-bond donors (Lipinski definition) is 2. The largest absolute Gasteiger partial charge is 0.573 e. The highest BCUT2D eigenvalue weighted by atomic mass is 19.4. The molecule has 3 aromatic rings. The van der Waals surface area contributed by atoms with Crippen LogP contribution in [0.15, 0.2) is 35.3 Å². The number of carbonyl (C=O) groups is 1. The molecule has 222 valence electrons. The van der Waals surface area contributed by atoms with Gasteiger partial charge in [0.25, 0.3) is 5.91 Å². The van der Waals surface area contributed by atoms with E-state index in [1.807, 2.05) is 6.07 Å². The molecule has 0 saturated carbocycles. The maximum atomic E-state index is 13.0. The van der Waals surface area contributed by atoms with E-state index in [9.17, 15) is 35.9 Å². The van der Waals surface area contributed by atoms with E-state index in [1.165, 1.54) is 15.9 Å². The Bertz CT molecular complexity index is 1470. The number of likely N-dealkylation sites (tertiary alicyclic amines) is 2. The van der Waals surface area contributed by atoms with Crippen LogP contribution in [0.5, 0.6) is 5.75 Å². The van der Waals surface area contributed by atoms with Crippen molar-refractivity contribution in [1.29, 1.82) is 0 Å². The second-order valence-corrected chi connectivity index (χ2v) is 10.4. The number of hydrogen-bond acceptors (Lipinski definition) is 6. The van der Waals surface area contributed by atoms with Crippen LogP contribution in [-0.2, 0) is 0 Å². The summed E-state index contributed by atoms with van der Waals surface area (Å²) in [6.07, 6.45) is -5.50. The number of H-pyrrole nitrogens is 1. The minimum absolute atomic E-state index is 0.0210. The van der Waals surface area contributed by atoms with Gasteiger partial charge in [0.1, 0.15) is 5.75 Å². The van der Waals surface area contributed by atoms with Crippen LogP contribution in [0.2, 0.25) is 0 Å². The number of aromatic amines is 1. The maximum Gasteiger partial charge on any atom is 0.573 e. The van der Waals surface area contributed by atoms with E-state index >= 15 is 0 Å². The first-order chi connectivity index (χ1) is 19.3. The number of nitrogens with two attached hydrogens (primary N) is 1. The molecule has 0 radical (unpaired) electrons. The van der Waals surface area contributed by atoms with E-state index in [1.54, 1.807) is 10.8 Å². The summed E-state index contributed by atoms with van der Waals surface area (Å²) < 4.78 is 81.1. The van der Waals surface area contributed by atoms with E-state index in [2.05, 4.69) is 14.7 Å². The standard InChI is InChI=1S/C26H28F6N6O3/c27-25(28,29)14-36-7-3-15(4-8-36)16-11-21-22(34-13-16)35-24(40)38(21)17-5-9-37(10-6-17)23(39)19-2-1-18(12-20(19)33)41-26(30,31)32/h1-2,11-13,15,17H,3-10,14,33H2,(H,34,35,40). The molecule has 2 saturated heterocycles. The van der Waals surface area contributed by atoms with Gasteiger partial charge in [-0.1, -0.05) is 0 Å². The van der Waals surface area contributed by atoms with Crippen LogP contribution >= 0.6 is 0 Å².